The number of carbonyl (C=O) groups excluding carboxylic acids is 1. The summed E-state index contributed by atoms with van der Waals surface area (Å²) in [5.74, 6) is 1.06. The van der Waals surface area contributed by atoms with Crippen LogP contribution >= 0.6 is 0 Å². The highest BCUT2D eigenvalue weighted by Crippen LogP contribution is 2.45. The third-order valence-electron chi connectivity index (χ3n) is 8.67. The molecule has 0 bridgehead atoms. The number of hydrogen-bond donors (Lipinski definition) is 3. The Labute approximate surface area is 260 Å². The molecular formula is C34H38N4O7. The zero-order chi connectivity index (χ0) is 32.4. The molecule has 0 amide bonds. The Morgan fingerprint density at radius 1 is 1.09 bits per heavy atom. The molecule has 0 saturated carbocycles. The number of esters is 1. The summed E-state index contributed by atoms with van der Waals surface area (Å²) < 4.78 is 23.7. The van der Waals surface area contributed by atoms with E-state index in [1.54, 1.807) is 39.8 Å². The largest absolute Gasteiger partial charge is 0.507 e. The van der Waals surface area contributed by atoms with Crippen molar-refractivity contribution >= 4 is 28.6 Å². The fraction of sp³-hybridized carbons (Fsp3) is 0.412. The van der Waals surface area contributed by atoms with Gasteiger partial charge in [0, 0.05) is 35.4 Å². The lowest BCUT2D eigenvalue weighted by Gasteiger charge is -2.39. The number of carbonyl (C=O) groups is 1. The Kier molecular flexibility index (Phi) is 7.27. The van der Waals surface area contributed by atoms with E-state index >= 15 is 0 Å². The molecule has 1 fully saturated rings. The zero-order valence-electron chi connectivity index (χ0n) is 26.3. The van der Waals surface area contributed by atoms with Crippen LogP contribution in [-0.4, -0.2) is 44.5 Å². The minimum atomic E-state index is -1.13. The number of epoxide rings is 1. The third kappa shape index (κ3) is 5.68. The molecule has 236 valence electrons. The molecule has 2 aliphatic heterocycles. The molecule has 6 rings (SSSR count). The maximum atomic E-state index is 13.4. The number of phenols is 1. The second kappa shape index (κ2) is 10.8. The molecule has 0 aliphatic carbocycles. The van der Waals surface area contributed by atoms with Crippen molar-refractivity contribution < 1.29 is 28.5 Å². The molecule has 4 aromatic rings. The molecule has 1 saturated heterocycles. The summed E-state index contributed by atoms with van der Waals surface area (Å²) >= 11 is 0. The van der Waals surface area contributed by atoms with E-state index in [9.17, 15) is 14.7 Å². The topological polar surface area (TPSA) is 176 Å². The molecule has 2 aliphatic rings. The number of rotatable bonds is 7. The molecule has 3 aromatic heterocycles. The standard InChI is InChI=1S/C34H38N4O7/c1-16(2)21-12-19(13-29(36)37-21)22-10-18(11-28(35)38-22)7-8-26-34(6,45-26)32(41)43-27-14-20-24(44-33(27,4)5)15-25-30(31(20)40)23(39)9-17(3)42-25/h9-13,15-16,26-27,40H,7-8,14H2,1-6H3,(H2,35,38)(H2,36,37)/t26-,27-,34+/m1/s1. The summed E-state index contributed by atoms with van der Waals surface area (Å²) in [6, 6.07) is 10.4. The predicted molar refractivity (Wildman–Crippen MR) is 169 cm³/mol. The number of nitrogens with zero attached hydrogens (tertiary/aromatic N) is 2. The summed E-state index contributed by atoms with van der Waals surface area (Å²) in [5.41, 5.74) is 13.8. The summed E-state index contributed by atoms with van der Waals surface area (Å²) in [5, 5.41) is 11.1. The van der Waals surface area contributed by atoms with Crippen LogP contribution in [0.4, 0.5) is 11.6 Å². The van der Waals surface area contributed by atoms with Crippen molar-refractivity contribution in [2.24, 2.45) is 0 Å². The van der Waals surface area contributed by atoms with Crippen LogP contribution in [0, 0.1) is 6.92 Å². The Hall–Kier alpha value is -4.64. The van der Waals surface area contributed by atoms with Gasteiger partial charge in [0.15, 0.2) is 11.0 Å². The first-order valence-corrected chi connectivity index (χ1v) is 15.1. The van der Waals surface area contributed by atoms with Gasteiger partial charge in [-0.3, -0.25) is 4.79 Å². The fourth-order valence-corrected chi connectivity index (χ4v) is 5.93. The Morgan fingerprint density at radius 2 is 1.82 bits per heavy atom. The number of phenolic OH excluding ortho intramolecular Hbond substituents is 1. The van der Waals surface area contributed by atoms with Crippen LogP contribution < -0.4 is 21.6 Å². The quantitative estimate of drug-likeness (QED) is 0.189. The van der Waals surface area contributed by atoms with Crippen LogP contribution in [0.2, 0.25) is 0 Å². The first-order valence-electron chi connectivity index (χ1n) is 15.1. The maximum Gasteiger partial charge on any atom is 0.341 e. The van der Waals surface area contributed by atoms with Gasteiger partial charge < -0.3 is 35.2 Å². The summed E-state index contributed by atoms with van der Waals surface area (Å²) in [7, 11) is 0. The van der Waals surface area contributed by atoms with Gasteiger partial charge in [0.25, 0.3) is 0 Å². The molecule has 45 heavy (non-hydrogen) atoms. The van der Waals surface area contributed by atoms with E-state index in [2.05, 4.69) is 23.8 Å². The highest BCUT2D eigenvalue weighted by Gasteiger charge is 2.60. The number of nitrogen functional groups attached to an aromatic ring is 2. The first kappa shape index (κ1) is 30.4. The number of nitrogens with two attached hydrogens (primary N) is 2. The van der Waals surface area contributed by atoms with Gasteiger partial charge in [-0.15, -0.1) is 0 Å². The minimum absolute atomic E-state index is 0.0675. The summed E-state index contributed by atoms with van der Waals surface area (Å²) in [6.45, 7) is 11.1. The average molecular weight is 615 g/mol. The van der Waals surface area contributed by atoms with Crippen molar-refractivity contribution in [1.29, 1.82) is 0 Å². The number of aryl methyl sites for hydroxylation is 2. The average Bonchev–Trinajstić information content (AvgIpc) is 3.62. The van der Waals surface area contributed by atoms with Crippen LogP contribution in [-0.2, 0) is 27.1 Å². The van der Waals surface area contributed by atoms with Gasteiger partial charge in [-0.05, 0) is 76.3 Å². The normalized spacial score (nSPS) is 21.8. The van der Waals surface area contributed by atoms with Crippen LogP contribution in [0.25, 0.3) is 22.2 Å². The van der Waals surface area contributed by atoms with Crippen molar-refractivity contribution in [3.63, 3.8) is 0 Å². The van der Waals surface area contributed by atoms with Crippen LogP contribution in [0.15, 0.2) is 45.6 Å². The Bertz CT molecular complexity index is 1900. The lowest BCUT2D eigenvalue weighted by atomic mass is 9.89. The molecule has 0 radical (unpaired) electrons. The molecular weight excluding hydrogens is 576 g/mol. The number of fused-ring (bicyclic) bond motifs is 2. The van der Waals surface area contributed by atoms with E-state index in [0.29, 0.717) is 47.2 Å². The van der Waals surface area contributed by atoms with Crippen LogP contribution in [0.3, 0.4) is 0 Å². The monoisotopic (exact) mass is 614 g/mol. The van der Waals surface area contributed by atoms with Gasteiger partial charge in [0.05, 0.1) is 11.8 Å². The smallest absolute Gasteiger partial charge is 0.341 e. The third-order valence-corrected chi connectivity index (χ3v) is 8.67. The van der Waals surface area contributed by atoms with E-state index in [0.717, 1.165) is 16.8 Å². The van der Waals surface area contributed by atoms with Crippen molar-refractivity contribution in [3.05, 3.63) is 69.2 Å². The highest BCUT2D eigenvalue weighted by molar-refractivity contribution is 5.87. The van der Waals surface area contributed by atoms with Crippen molar-refractivity contribution in [2.75, 3.05) is 11.5 Å². The number of pyridine rings is 2. The fourth-order valence-electron chi connectivity index (χ4n) is 5.93. The van der Waals surface area contributed by atoms with E-state index in [4.69, 9.17) is 30.1 Å². The van der Waals surface area contributed by atoms with Crippen molar-refractivity contribution in [1.82, 2.24) is 9.97 Å². The molecule has 0 spiro atoms. The summed E-state index contributed by atoms with van der Waals surface area (Å²) in [6.07, 6.45) is 0.197. The number of aromatic nitrogens is 2. The molecule has 5 heterocycles. The number of aromatic hydroxyl groups is 1. The number of ether oxygens (including phenoxy) is 3. The number of anilines is 2. The molecule has 3 atom stereocenters. The van der Waals surface area contributed by atoms with Gasteiger partial charge in [-0.1, -0.05) is 13.8 Å². The van der Waals surface area contributed by atoms with Crippen LogP contribution in [0.1, 0.15) is 69.5 Å². The first-order chi connectivity index (χ1) is 21.1. The lowest BCUT2D eigenvalue weighted by Crippen LogP contribution is -2.50. The number of hydrogen-bond acceptors (Lipinski definition) is 11. The van der Waals surface area contributed by atoms with Crippen molar-refractivity contribution in [3.8, 4) is 22.8 Å². The SMILES string of the molecule is Cc1cc(=O)c2c(O)c3c(cc2o1)OC(C)(C)[C@H](OC(=O)[C@@]1(C)O[C@@H]1CCc1cc(N)nc(-c2cc(N)nc(C(C)C)c2)c1)C3. The van der Waals surface area contributed by atoms with Gasteiger partial charge >= 0.3 is 5.97 Å². The molecule has 1 aromatic carbocycles. The lowest BCUT2D eigenvalue weighted by molar-refractivity contribution is -0.166. The molecule has 11 nitrogen and oxygen atoms in total. The molecule has 5 N–H and O–H groups in total. The number of benzene rings is 1. The summed E-state index contributed by atoms with van der Waals surface area (Å²) in [4.78, 5) is 35.0. The maximum absolute atomic E-state index is 13.4. The minimum Gasteiger partial charge on any atom is -0.507 e. The van der Waals surface area contributed by atoms with Crippen LogP contribution in [0.5, 0.6) is 11.5 Å². The molecule has 11 heteroatoms. The van der Waals surface area contributed by atoms with E-state index < -0.39 is 23.3 Å². The van der Waals surface area contributed by atoms with Gasteiger partial charge in [-0.2, -0.15) is 0 Å². The zero-order valence-corrected chi connectivity index (χ0v) is 26.3. The Balaban J connectivity index is 1.15. The Morgan fingerprint density at radius 3 is 2.56 bits per heavy atom. The van der Waals surface area contributed by atoms with Gasteiger partial charge in [-0.25, -0.2) is 14.8 Å². The van der Waals surface area contributed by atoms with E-state index in [-0.39, 0.29) is 40.6 Å². The van der Waals surface area contributed by atoms with Crippen molar-refractivity contribution in [2.45, 2.75) is 90.1 Å². The predicted octanol–water partition coefficient (Wildman–Crippen LogP) is 4.97. The van der Waals surface area contributed by atoms with E-state index in [1.807, 2.05) is 18.2 Å². The highest BCUT2D eigenvalue weighted by atomic mass is 16.7. The second-order valence-corrected chi connectivity index (χ2v) is 13.0. The molecule has 0 unspecified atom stereocenters. The van der Waals surface area contributed by atoms with Gasteiger partial charge in [0.2, 0.25) is 0 Å². The van der Waals surface area contributed by atoms with Gasteiger partial charge in [0.1, 0.15) is 51.6 Å². The van der Waals surface area contributed by atoms with E-state index in [1.165, 1.54) is 6.07 Å². The second-order valence-electron chi connectivity index (χ2n) is 13.0.